The van der Waals surface area contributed by atoms with E-state index < -0.39 is 18.3 Å². The molecule has 3 aromatic heterocycles. The second kappa shape index (κ2) is 25.0. The Hall–Kier alpha value is -3.67. The number of carboxylic acids is 1. The van der Waals surface area contributed by atoms with Crippen molar-refractivity contribution >= 4 is 23.0 Å². The molecule has 0 aliphatic rings. The summed E-state index contributed by atoms with van der Waals surface area (Å²) in [7, 11) is 0. The minimum Gasteiger partial charge on any atom is -0.479 e. The number of H-pyrrole nitrogens is 1. The molecular weight excluding hydrogens is 490 g/mol. The molecule has 0 radical (unpaired) electrons. The number of anilines is 1. The normalized spacial score (nSPS) is 8.82. The number of imidazole rings is 1. The van der Waals surface area contributed by atoms with Gasteiger partial charge in [0, 0.05) is 6.07 Å². The van der Waals surface area contributed by atoms with Crippen LogP contribution in [0.15, 0.2) is 23.0 Å². The third kappa shape index (κ3) is 13.6. The number of aliphatic carboxylic acids is 1. The molecule has 3 rings (SSSR count). The van der Waals surface area contributed by atoms with Crippen LogP contribution in [0, 0.1) is 0 Å². The predicted octanol–water partition coefficient (Wildman–Crippen LogP) is 4.47. The first-order valence-electron chi connectivity index (χ1n) is 13.4. The number of carbonyl (C=O) groups is 1. The van der Waals surface area contributed by atoms with E-state index in [4.69, 9.17) is 26.0 Å². The highest BCUT2D eigenvalue weighted by atomic mass is 16.5. The van der Waals surface area contributed by atoms with E-state index in [1.54, 1.807) is 12.1 Å². The second-order valence-corrected chi connectivity index (χ2v) is 5.75. The molecule has 6 N–H and O–H groups in total. The van der Waals surface area contributed by atoms with E-state index in [0.29, 0.717) is 25.3 Å². The lowest BCUT2D eigenvalue weighted by molar-refractivity contribution is -0.139. The molecule has 0 fully saturated rings. The number of nitrogen functional groups attached to an aromatic ring is 1. The summed E-state index contributed by atoms with van der Waals surface area (Å²) in [5.41, 5.74) is 11.9. The van der Waals surface area contributed by atoms with Crippen LogP contribution in [-0.4, -0.2) is 55.3 Å². The highest BCUT2D eigenvalue weighted by Crippen LogP contribution is 2.18. The minimum absolute atomic E-state index is 0.0395. The van der Waals surface area contributed by atoms with Crippen LogP contribution in [0.5, 0.6) is 11.9 Å². The number of hydrogen-bond donors (Lipinski definition) is 4. The zero-order valence-corrected chi connectivity index (χ0v) is 24.8. The zero-order valence-electron chi connectivity index (χ0n) is 24.8. The summed E-state index contributed by atoms with van der Waals surface area (Å²) in [5.74, 6) is -0.905. The van der Waals surface area contributed by atoms with Crippen LogP contribution in [0.25, 0.3) is 11.2 Å². The SMILES string of the molecule is CC.CC.CC.CC.CC.NCCCOc1nc(N)c2[nH]c(=O)n(Cc3cccc(OCC(=O)O)n3)c2n1. The first-order valence-corrected chi connectivity index (χ1v) is 13.4. The molecular formula is C26H49N7O5. The molecule has 12 heteroatoms. The van der Waals surface area contributed by atoms with E-state index in [0.717, 1.165) is 0 Å². The highest BCUT2D eigenvalue weighted by molar-refractivity contribution is 5.81. The fraction of sp³-hybridized carbons (Fsp3) is 0.577. The van der Waals surface area contributed by atoms with E-state index in [1.165, 1.54) is 10.6 Å². The van der Waals surface area contributed by atoms with Gasteiger partial charge in [-0.2, -0.15) is 9.97 Å². The number of ether oxygens (including phenoxy) is 2. The van der Waals surface area contributed by atoms with Crippen molar-refractivity contribution in [1.29, 1.82) is 0 Å². The summed E-state index contributed by atoms with van der Waals surface area (Å²) >= 11 is 0. The average molecular weight is 540 g/mol. The van der Waals surface area contributed by atoms with Crippen LogP contribution in [0.2, 0.25) is 0 Å². The van der Waals surface area contributed by atoms with Crippen molar-refractivity contribution in [2.24, 2.45) is 5.73 Å². The number of nitrogens with two attached hydrogens (primary N) is 2. The van der Waals surface area contributed by atoms with E-state index >= 15 is 0 Å². The zero-order chi connectivity index (χ0) is 30.1. The van der Waals surface area contributed by atoms with Crippen molar-refractivity contribution in [3.63, 3.8) is 0 Å². The molecule has 0 atom stereocenters. The van der Waals surface area contributed by atoms with Gasteiger partial charge < -0.3 is 31.0 Å². The Labute approximate surface area is 226 Å². The van der Waals surface area contributed by atoms with E-state index in [-0.39, 0.29) is 35.4 Å². The molecule has 0 unspecified atom stereocenters. The number of nitrogens with one attached hydrogen (secondary N) is 1. The van der Waals surface area contributed by atoms with Crippen LogP contribution in [0.4, 0.5) is 5.82 Å². The van der Waals surface area contributed by atoms with Crippen LogP contribution < -0.4 is 26.6 Å². The fourth-order valence-corrected chi connectivity index (χ4v) is 2.41. The van der Waals surface area contributed by atoms with Gasteiger partial charge >= 0.3 is 17.7 Å². The van der Waals surface area contributed by atoms with Gasteiger partial charge in [0.1, 0.15) is 5.52 Å². The van der Waals surface area contributed by atoms with Gasteiger partial charge in [0.05, 0.1) is 18.8 Å². The van der Waals surface area contributed by atoms with Crippen LogP contribution in [0.3, 0.4) is 0 Å². The average Bonchev–Trinajstić information content (AvgIpc) is 3.28. The fourth-order valence-electron chi connectivity index (χ4n) is 2.41. The van der Waals surface area contributed by atoms with E-state index in [2.05, 4.69) is 19.9 Å². The Bertz CT molecular complexity index is 1050. The van der Waals surface area contributed by atoms with E-state index in [1.807, 2.05) is 69.2 Å². The molecule has 0 aliphatic heterocycles. The summed E-state index contributed by atoms with van der Waals surface area (Å²) in [6, 6.07) is 4.87. The Kier molecular flexibility index (Phi) is 25.6. The quantitative estimate of drug-likeness (QED) is 0.283. The van der Waals surface area contributed by atoms with Crippen molar-refractivity contribution in [3.05, 3.63) is 34.4 Å². The summed E-state index contributed by atoms with van der Waals surface area (Å²) in [4.78, 5) is 38.0. The lowest BCUT2D eigenvalue weighted by Gasteiger charge is -2.07. The molecule has 12 nitrogen and oxygen atoms in total. The molecule has 0 amide bonds. The molecule has 218 valence electrons. The molecule has 0 saturated heterocycles. The van der Waals surface area contributed by atoms with Gasteiger partial charge in [-0.15, -0.1) is 0 Å². The number of fused-ring (bicyclic) bond motifs is 1. The number of nitrogens with zero attached hydrogens (tertiary/aromatic N) is 4. The number of carboxylic acid groups (broad SMARTS) is 1. The largest absolute Gasteiger partial charge is 0.479 e. The number of hydrogen-bond acceptors (Lipinski definition) is 9. The number of aromatic nitrogens is 5. The molecule has 38 heavy (non-hydrogen) atoms. The maximum Gasteiger partial charge on any atom is 0.341 e. The van der Waals surface area contributed by atoms with Gasteiger partial charge in [-0.25, -0.2) is 14.6 Å². The first kappa shape index (κ1) is 38.9. The molecule has 3 aromatic rings. The molecule has 0 aromatic carbocycles. The summed E-state index contributed by atoms with van der Waals surface area (Å²) in [5, 5.41) is 8.69. The Morgan fingerprint density at radius 3 is 2.13 bits per heavy atom. The Morgan fingerprint density at radius 1 is 0.974 bits per heavy atom. The van der Waals surface area contributed by atoms with Gasteiger partial charge in [-0.3, -0.25) is 4.57 Å². The number of pyridine rings is 1. The number of aromatic amines is 1. The minimum atomic E-state index is -1.12. The molecule has 3 heterocycles. The van der Waals surface area contributed by atoms with Crippen LogP contribution in [0.1, 0.15) is 81.4 Å². The second-order valence-electron chi connectivity index (χ2n) is 5.75. The summed E-state index contributed by atoms with van der Waals surface area (Å²) in [6.45, 7) is 20.3. The van der Waals surface area contributed by atoms with Crippen molar-refractivity contribution in [3.8, 4) is 11.9 Å². The standard InChI is InChI=1S/C16H19N7O5.5C2H6/c17-5-2-6-27-15-21-13(18)12-14(22-15)23(16(26)20-12)7-9-3-1-4-10(19-9)28-8-11(24)25;5*1-2/h1,3-4H,2,5-8,17H2,(H,20,26)(H,24,25)(H2,18,21,22);5*1-2H3. The third-order valence-electron chi connectivity index (χ3n) is 3.65. The van der Waals surface area contributed by atoms with Crippen LogP contribution in [-0.2, 0) is 11.3 Å². The van der Waals surface area contributed by atoms with Crippen molar-refractivity contribution in [2.45, 2.75) is 82.2 Å². The number of rotatable bonds is 9. The smallest absolute Gasteiger partial charge is 0.341 e. The Morgan fingerprint density at radius 2 is 1.58 bits per heavy atom. The lowest BCUT2D eigenvalue weighted by atomic mass is 10.3. The van der Waals surface area contributed by atoms with Gasteiger partial charge in [0.25, 0.3) is 0 Å². The van der Waals surface area contributed by atoms with Crippen molar-refractivity contribution in [1.82, 2.24) is 24.5 Å². The van der Waals surface area contributed by atoms with E-state index in [9.17, 15) is 9.59 Å². The monoisotopic (exact) mass is 539 g/mol. The maximum atomic E-state index is 12.4. The van der Waals surface area contributed by atoms with Crippen molar-refractivity contribution < 1.29 is 19.4 Å². The van der Waals surface area contributed by atoms with Gasteiger partial charge in [0.15, 0.2) is 18.1 Å². The highest BCUT2D eigenvalue weighted by Gasteiger charge is 2.15. The van der Waals surface area contributed by atoms with Crippen molar-refractivity contribution in [2.75, 3.05) is 25.5 Å². The third-order valence-corrected chi connectivity index (χ3v) is 3.65. The molecule has 0 saturated carbocycles. The summed E-state index contributed by atoms with van der Waals surface area (Å²) < 4.78 is 11.8. The molecule has 0 spiro atoms. The van der Waals surface area contributed by atoms with Gasteiger partial charge in [0.2, 0.25) is 5.88 Å². The lowest BCUT2D eigenvalue weighted by Crippen LogP contribution is -2.19. The van der Waals surface area contributed by atoms with Gasteiger partial charge in [-0.1, -0.05) is 75.3 Å². The first-order chi connectivity index (χ1) is 18.5. The van der Waals surface area contributed by atoms with Gasteiger partial charge in [-0.05, 0) is 19.0 Å². The Balaban J connectivity index is -0.00000110. The van der Waals surface area contributed by atoms with Crippen LogP contribution >= 0.6 is 0 Å². The predicted molar refractivity (Wildman–Crippen MR) is 155 cm³/mol. The topological polar surface area (TPSA) is 184 Å². The molecule has 0 aliphatic carbocycles. The maximum absolute atomic E-state index is 12.4. The summed E-state index contributed by atoms with van der Waals surface area (Å²) in [6.07, 6.45) is 0.619. The molecule has 0 bridgehead atoms.